The lowest BCUT2D eigenvalue weighted by Crippen LogP contribution is -2.50. The molecule has 8 heteroatoms. The molecule has 3 nitrogen and oxygen atoms in total. The fourth-order valence-electron chi connectivity index (χ4n) is 1.15. The van der Waals surface area contributed by atoms with E-state index in [4.69, 9.17) is 0 Å². The minimum atomic E-state index is -5.91. The zero-order valence-corrected chi connectivity index (χ0v) is 9.13. The average molecular weight is 268 g/mol. The minimum absolute atomic E-state index is 0.372. The van der Waals surface area contributed by atoms with Gasteiger partial charge in [0.25, 0.3) is 0 Å². The Morgan fingerprint density at radius 2 is 1.72 bits per heavy atom. The van der Waals surface area contributed by atoms with Gasteiger partial charge in [-0.05, 0) is 24.6 Å². The molecule has 0 saturated heterocycles. The number of aromatic nitrogens is 1. The second kappa shape index (κ2) is 4.87. The number of carbonyl (C=O) groups excluding carboxylic acids is 1. The first-order valence-corrected chi connectivity index (χ1v) is 4.81. The highest BCUT2D eigenvalue weighted by atomic mass is 19.4. The first-order chi connectivity index (χ1) is 8.16. The number of alkyl halides is 5. The van der Waals surface area contributed by atoms with Crippen LogP contribution in [0.1, 0.15) is 18.5 Å². The van der Waals surface area contributed by atoms with Crippen LogP contribution in [0.2, 0.25) is 0 Å². The molecule has 1 heterocycles. The summed E-state index contributed by atoms with van der Waals surface area (Å²) in [5.74, 6) is -7.78. The van der Waals surface area contributed by atoms with E-state index in [0.29, 0.717) is 5.56 Å². The van der Waals surface area contributed by atoms with Crippen molar-refractivity contribution in [2.45, 2.75) is 25.1 Å². The smallest absolute Gasteiger partial charge is 0.344 e. The molecule has 1 amide bonds. The molecule has 0 aliphatic heterocycles. The molecular formula is C10H9F5N2O. The highest BCUT2D eigenvalue weighted by molar-refractivity contribution is 5.84. The maximum absolute atomic E-state index is 12.7. The number of hydrogen-bond donors (Lipinski definition) is 1. The Hall–Kier alpha value is -1.73. The third-order valence-corrected chi connectivity index (χ3v) is 2.19. The van der Waals surface area contributed by atoms with E-state index in [9.17, 15) is 26.7 Å². The van der Waals surface area contributed by atoms with Crippen molar-refractivity contribution in [1.82, 2.24) is 10.3 Å². The number of carbonyl (C=O) groups is 1. The third kappa shape index (κ3) is 2.93. The summed E-state index contributed by atoms with van der Waals surface area (Å²) in [5, 5.41) is 1.61. The second-order valence-electron chi connectivity index (χ2n) is 3.55. The van der Waals surface area contributed by atoms with Crippen LogP contribution in [0.15, 0.2) is 24.5 Å². The Kier molecular flexibility index (Phi) is 3.88. The summed E-state index contributed by atoms with van der Waals surface area (Å²) in [6.45, 7) is 1.29. The number of hydrogen-bond acceptors (Lipinski definition) is 2. The molecule has 1 rings (SSSR count). The van der Waals surface area contributed by atoms with Crippen LogP contribution in [-0.2, 0) is 4.79 Å². The predicted octanol–water partition coefficient (Wildman–Crippen LogP) is 2.46. The van der Waals surface area contributed by atoms with Crippen LogP contribution in [0.3, 0.4) is 0 Å². The molecule has 0 fully saturated rings. The topological polar surface area (TPSA) is 42.0 Å². The van der Waals surface area contributed by atoms with Gasteiger partial charge in [-0.2, -0.15) is 22.0 Å². The van der Waals surface area contributed by atoms with Gasteiger partial charge in [-0.25, -0.2) is 0 Å². The van der Waals surface area contributed by atoms with Crippen molar-refractivity contribution in [2.24, 2.45) is 0 Å². The van der Waals surface area contributed by atoms with Gasteiger partial charge >= 0.3 is 18.0 Å². The summed E-state index contributed by atoms with van der Waals surface area (Å²) in [6, 6.07) is 1.82. The van der Waals surface area contributed by atoms with Gasteiger partial charge in [-0.1, -0.05) is 0 Å². The van der Waals surface area contributed by atoms with Crippen LogP contribution < -0.4 is 5.32 Å². The molecular weight excluding hydrogens is 259 g/mol. The summed E-state index contributed by atoms with van der Waals surface area (Å²) in [4.78, 5) is 14.6. The normalized spacial score (nSPS) is 14.1. The Balaban J connectivity index is 2.78. The van der Waals surface area contributed by atoms with Crippen LogP contribution in [0, 0.1) is 0 Å². The SMILES string of the molecule is C[C@@H](NC(=O)C(F)(F)C(F)(F)F)c1ccncc1. The summed E-state index contributed by atoms with van der Waals surface area (Å²) >= 11 is 0. The van der Waals surface area contributed by atoms with Gasteiger partial charge in [0, 0.05) is 12.4 Å². The number of rotatable bonds is 3. The van der Waals surface area contributed by atoms with E-state index in [2.05, 4.69) is 4.98 Å². The fraction of sp³-hybridized carbons (Fsp3) is 0.400. The van der Waals surface area contributed by atoms with Gasteiger partial charge in [0.15, 0.2) is 0 Å². The van der Waals surface area contributed by atoms with Crippen molar-refractivity contribution in [3.05, 3.63) is 30.1 Å². The molecule has 1 N–H and O–H groups in total. The van der Waals surface area contributed by atoms with E-state index in [1.165, 1.54) is 31.5 Å². The first kappa shape index (κ1) is 14.3. The van der Waals surface area contributed by atoms with Gasteiger partial charge in [0.05, 0.1) is 6.04 Å². The lowest BCUT2D eigenvalue weighted by molar-refractivity contribution is -0.270. The maximum Gasteiger partial charge on any atom is 0.463 e. The second-order valence-corrected chi connectivity index (χ2v) is 3.55. The van der Waals surface area contributed by atoms with Gasteiger partial charge < -0.3 is 5.32 Å². The van der Waals surface area contributed by atoms with Crippen LogP contribution in [0.5, 0.6) is 0 Å². The molecule has 0 bridgehead atoms. The van der Waals surface area contributed by atoms with Gasteiger partial charge in [0.2, 0.25) is 0 Å². The number of amides is 1. The highest BCUT2D eigenvalue weighted by Gasteiger charge is 2.63. The molecule has 1 atom stereocenters. The predicted molar refractivity (Wildman–Crippen MR) is 51.8 cm³/mol. The lowest BCUT2D eigenvalue weighted by Gasteiger charge is -2.21. The van der Waals surface area contributed by atoms with E-state index >= 15 is 0 Å². The van der Waals surface area contributed by atoms with E-state index in [1.54, 1.807) is 5.32 Å². The molecule has 1 aromatic rings. The molecule has 0 aromatic carbocycles. The quantitative estimate of drug-likeness (QED) is 0.855. The van der Waals surface area contributed by atoms with E-state index < -0.39 is 24.0 Å². The molecule has 1 aromatic heterocycles. The van der Waals surface area contributed by atoms with Crippen molar-refractivity contribution in [3.8, 4) is 0 Å². The highest BCUT2D eigenvalue weighted by Crippen LogP contribution is 2.35. The molecule has 18 heavy (non-hydrogen) atoms. The molecule has 100 valence electrons. The van der Waals surface area contributed by atoms with Crippen molar-refractivity contribution < 1.29 is 26.7 Å². The van der Waals surface area contributed by atoms with E-state index in [0.717, 1.165) is 0 Å². The molecule has 0 unspecified atom stereocenters. The zero-order valence-electron chi connectivity index (χ0n) is 9.13. The average Bonchev–Trinajstić information content (AvgIpc) is 2.28. The third-order valence-electron chi connectivity index (χ3n) is 2.19. The van der Waals surface area contributed by atoms with Crippen LogP contribution in [-0.4, -0.2) is 23.0 Å². The van der Waals surface area contributed by atoms with Gasteiger partial charge in [0.1, 0.15) is 0 Å². The molecule has 0 radical (unpaired) electrons. The number of nitrogens with zero attached hydrogens (tertiary/aromatic N) is 1. The van der Waals surface area contributed by atoms with Crippen molar-refractivity contribution in [3.63, 3.8) is 0 Å². The van der Waals surface area contributed by atoms with Gasteiger partial charge in [-0.3, -0.25) is 9.78 Å². The monoisotopic (exact) mass is 268 g/mol. The van der Waals surface area contributed by atoms with E-state index in [-0.39, 0.29) is 0 Å². The fourth-order valence-corrected chi connectivity index (χ4v) is 1.15. The Bertz CT molecular complexity index is 418. The van der Waals surface area contributed by atoms with Crippen LogP contribution >= 0.6 is 0 Å². The van der Waals surface area contributed by atoms with Crippen molar-refractivity contribution in [2.75, 3.05) is 0 Å². The van der Waals surface area contributed by atoms with Crippen molar-refractivity contribution >= 4 is 5.91 Å². The molecule has 0 spiro atoms. The molecule has 0 saturated carbocycles. The van der Waals surface area contributed by atoms with Crippen LogP contribution in [0.4, 0.5) is 22.0 Å². The van der Waals surface area contributed by atoms with Gasteiger partial charge in [-0.15, -0.1) is 0 Å². The zero-order chi connectivity index (χ0) is 14.0. The molecule has 0 aliphatic rings. The first-order valence-electron chi connectivity index (χ1n) is 4.81. The van der Waals surface area contributed by atoms with Crippen molar-refractivity contribution in [1.29, 1.82) is 0 Å². The summed E-state index contributed by atoms with van der Waals surface area (Å²) in [5.41, 5.74) is 0.372. The van der Waals surface area contributed by atoms with Crippen LogP contribution in [0.25, 0.3) is 0 Å². The lowest BCUT2D eigenvalue weighted by atomic mass is 10.1. The Morgan fingerprint density at radius 3 is 2.17 bits per heavy atom. The molecule has 0 aliphatic carbocycles. The Labute approximate surface area is 99.0 Å². The number of pyridine rings is 1. The summed E-state index contributed by atoms with van der Waals surface area (Å²) < 4.78 is 61.0. The summed E-state index contributed by atoms with van der Waals surface area (Å²) in [6.07, 6.45) is -3.24. The maximum atomic E-state index is 12.7. The number of halogens is 5. The van der Waals surface area contributed by atoms with E-state index in [1.807, 2.05) is 0 Å². The summed E-state index contributed by atoms with van der Waals surface area (Å²) in [7, 11) is 0. The largest absolute Gasteiger partial charge is 0.463 e. The Morgan fingerprint density at radius 1 is 1.22 bits per heavy atom. The standard InChI is InChI=1S/C10H9F5N2O/c1-6(7-2-4-16-5-3-7)17-8(18)9(11,12)10(13,14)15/h2-6H,1H3,(H,17,18)/t6-/m1/s1. The number of nitrogens with one attached hydrogen (secondary N) is 1. The minimum Gasteiger partial charge on any atom is -0.344 e.